The fourth-order valence-electron chi connectivity index (χ4n) is 0.198. The van der Waals surface area contributed by atoms with E-state index in [1.807, 2.05) is 0 Å². The molecule has 1 rings (SSSR count). The topological polar surface area (TPSA) is 65.1 Å². The van der Waals surface area contributed by atoms with E-state index in [0.29, 0.717) is 0 Å². The highest BCUT2D eigenvalue weighted by atomic mass is 17.2. The van der Waals surface area contributed by atoms with Gasteiger partial charge in [0.25, 0.3) is 0 Å². The predicted octanol–water partition coefficient (Wildman–Crippen LogP) is -0.792. The summed E-state index contributed by atoms with van der Waals surface area (Å²) in [5, 5.41) is 20.5. The van der Waals surface area contributed by atoms with Gasteiger partial charge in [-0.2, -0.15) is 20.7 Å². The molecule has 0 aromatic rings. The van der Waals surface area contributed by atoms with Crippen molar-refractivity contribution in [1.82, 2.24) is 15.8 Å². The maximum atomic E-state index is 9.82. The molecule has 42 valence electrons. The first-order valence-electron chi connectivity index (χ1n) is 1.58. The smallest absolute Gasteiger partial charge is 0.0205 e. The third kappa shape index (κ3) is 0.589. The summed E-state index contributed by atoms with van der Waals surface area (Å²) >= 11 is 0. The largest absolute Gasteiger partial charge is 0.745 e. The molecule has 0 bridgehead atoms. The zero-order valence-corrected chi connectivity index (χ0v) is 3.57. The monoisotopic (exact) mass is 105 g/mol. The van der Waals surface area contributed by atoms with Gasteiger partial charge in [0.15, 0.2) is 0 Å². The van der Waals surface area contributed by atoms with E-state index in [4.69, 9.17) is 0 Å². The average Bonchev–Trinajstić information content (AvgIpc) is 1.68. The van der Waals surface area contributed by atoms with Crippen LogP contribution in [0.5, 0.6) is 0 Å². The normalized spacial score (nSPS) is 27.9. The Labute approximate surface area is 39.5 Å². The lowest BCUT2D eigenvalue weighted by Gasteiger charge is -2.55. The van der Waals surface area contributed by atoms with Crippen LogP contribution in [0, 0.1) is 10.4 Å². The number of hydrazine groups is 2. The Morgan fingerprint density at radius 1 is 1.29 bits per heavy atom. The van der Waals surface area contributed by atoms with Crippen molar-refractivity contribution < 1.29 is 4.94 Å². The van der Waals surface area contributed by atoms with Gasteiger partial charge in [0.1, 0.15) is 0 Å². The minimum Gasteiger partial charge on any atom is -0.745 e. The summed E-state index contributed by atoms with van der Waals surface area (Å²) in [5.74, 6) is 0. The van der Waals surface area contributed by atoms with Crippen LogP contribution in [0.3, 0.4) is 0 Å². The Morgan fingerprint density at radius 3 is 1.71 bits per heavy atom. The van der Waals surface area contributed by atoms with E-state index in [1.54, 1.807) is 0 Å². The molecule has 7 heavy (non-hydrogen) atoms. The number of hydrogen-bond acceptors (Lipinski definition) is 6. The Balaban J connectivity index is 2.29. The lowest BCUT2D eigenvalue weighted by atomic mass is 11.4. The van der Waals surface area contributed by atoms with Gasteiger partial charge in [0.05, 0.1) is 0 Å². The van der Waals surface area contributed by atoms with Crippen LogP contribution in [0.2, 0.25) is 0 Å². The number of nitrogens with zero attached hydrogens (tertiary/aromatic N) is 3. The second-order valence-corrected chi connectivity index (χ2v) is 1.05. The van der Waals surface area contributed by atoms with Crippen molar-refractivity contribution in [2.45, 2.75) is 0 Å². The molecule has 6 nitrogen and oxygen atoms in total. The molecule has 1 saturated heterocycles. The van der Waals surface area contributed by atoms with Gasteiger partial charge in [-0.25, -0.2) is 0 Å². The zero-order valence-electron chi connectivity index (χ0n) is 3.57. The molecule has 0 aromatic heterocycles. The van der Waals surface area contributed by atoms with E-state index in [2.05, 4.69) is 4.94 Å². The third-order valence-electron chi connectivity index (χ3n) is 0.612. The van der Waals surface area contributed by atoms with Crippen molar-refractivity contribution in [3.63, 3.8) is 0 Å². The molecular weight excluding hydrogens is 102 g/mol. The molecule has 1 aliphatic heterocycles. The predicted molar refractivity (Wildman–Crippen MR) is 19.3 cm³/mol. The maximum absolute atomic E-state index is 9.82. The molecule has 0 spiro atoms. The average molecular weight is 105 g/mol. The summed E-state index contributed by atoms with van der Waals surface area (Å²) in [5.41, 5.74) is 0. The summed E-state index contributed by atoms with van der Waals surface area (Å²) in [6, 6.07) is 0. The molecule has 6 heteroatoms. The van der Waals surface area contributed by atoms with Crippen LogP contribution in [-0.4, -0.2) is 22.8 Å². The number of hydrogen-bond donors (Lipinski definition) is 0. The van der Waals surface area contributed by atoms with Crippen LogP contribution in [0.15, 0.2) is 0 Å². The van der Waals surface area contributed by atoms with Crippen LogP contribution >= 0.6 is 0 Å². The molecule has 0 saturated carbocycles. The van der Waals surface area contributed by atoms with Crippen molar-refractivity contribution in [3.05, 3.63) is 10.4 Å². The molecule has 0 unspecified atom stereocenters. The highest BCUT2D eigenvalue weighted by molar-refractivity contribution is 4.42. The molecule has 0 N–H and O–H groups in total. The Kier molecular flexibility index (Phi) is 0.961. The third-order valence-corrected chi connectivity index (χ3v) is 0.612. The molecule has 0 atom stereocenters. The molecule has 0 aromatic carbocycles. The summed E-state index contributed by atoms with van der Waals surface area (Å²) in [6.07, 6.45) is 0. The van der Waals surface area contributed by atoms with E-state index in [1.165, 1.54) is 7.05 Å². The van der Waals surface area contributed by atoms with Crippen LogP contribution < -0.4 is 0 Å². The van der Waals surface area contributed by atoms with Crippen molar-refractivity contribution in [2.75, 3.05) is 7.05 Å². The summed E-state index contributed by atoms with van der Waals surface area (Å²) in [6.45, 7) is 0. The lowest BCUT2D eigenvalue weighted by molar-refractivity contribution is -0.570. The Bertz CT molecular complexity index is 68.6. The van der Waals surface area contributed by atoms with E-state index < -0.39 is 0 Å². The first-order chi connectivity index (χ1) is 3.22. The SMILES string of the molecule is CN1N([O-])ON1[O-]. The first-order valence-corrected chi connectivity index (χ1v) is 1.58. The fourth-order valence-corrected chi connectivity index (χ4v) is 0.198. The van der Waals surface area contributed by atoms with Gasteiger partial charge in [-0.05, 0) is 0 Å². The molecular formula is CH3N3O3-2. The van der Waals surface area contributed by atoms with E-state index in [9.17, 15) is 10.4 Å². The van der Waals surface area contributed by atoms with Crippen molar-refractivity contribution in [1.29, 1.82) is 0 Å². The van der Waals surface area contributed by atoms with Crippen molar-refractivity contribution >= 4 is 0 Å². The van der Waals surface area contributed by atoms with Gasteiger partial charge in [-0.3, -0.25) is 0 Å². The fraction of sp³-hybridized carbons (Fsp3) is 1.00. The summed E-state index contributed by atoms with van der Waals surface area (Å²) in [4.78, 5) is 3.73. The summed E-state index contributed by atoms with van der Waals surface area (Å²) in [7, 11) is 1.28. The zero-order chi connectivity index (χ0) is 5.44. The molecule has 1 aliphatic rings. The van der Waals surface area contributed by atoms with Gasteiger partial charge in [-0.15, -0.1) is 0 Å². The van der Waals surface area contributed by atoms with Gasteiger partial charge in [0.2, 0.25) is 0 Å². The first kappa shape index (κ1) is 4.91. The quantitative estimate of drug-likeness (QED) is 0.402. The van der Waals surface area contributed by atoms with Crippen molar-refractivity contribution in [3.8, 4) is 0 Å². The maximum Gasteiger partial charge on any atom is 0.0205 e. The van der Waals surface area contributed by atoms with Crippen molar-refractivity contribution in [2.24, 2.45) is 0 Å². The van der Waals surface area contributed by atoms with E-state index >= 15 is 0 Å². The Morgan fingerprint density at radius 2 is 1.71 bits per heavy atom. The van der Waals surface area contributed by atoms with Crippen LogP contribution in [0.4, 0.5) is 0 Å². The highest BCUT2D eigenvalue weighted by Gasteiger charge is 2.15. The second kappa shape index (κ2) is 1.37. The van der Waals surface area contributed by atoms with Crippen LogP contribution in [0.1, 0.15) is 0 Å². The van der Waals surface area contributed by atoms with Gasteiger partial charge >= 0.3 is 0 Å². The molecule has 0 aliphatic carbocycles. The van der Waals surface area contributed by atoms with E-state index in [-0.39, 0.29) is 10.7 Å². The number of rotatable bonds is 0. The Hall–Kier alpha value is -0.240. The lowest BCUT2D eigenvalue weighted by Crippen LogP contribution is -2.58. The second-order valence-electron chi connectivity index (χ2n) is 1.05. The molecule has 0 amide bonds. The van der Waals surface area contributed by atoms with Gasteiger partial charge in [0, 0.05) is 7.05 Å². The standard InChI is InChI=1S/CH3N3O3/c1-2-3(5)7-4(2)6/h1H3/q-2. The molecule has 1 fully saturated rings. The van der Waals surface area contributed by atoms with Crippen LogP contribution in [-0.2, 0) is 4.94 Å². The molecule has 1 heterocycles. The van der Waals surface area contributed by atoms with Crippen LogP contribution in [0.25, 0.3) is 0 Å². The minimum absolute atomic E-state index is 0.0625. The molecule has 0 radical (unpaired) electrons. The summed E-state index contributed by atoms with van der Waals surface area (Å²) < 4.78 is 0. The minimum atomic E-state index is 0.0625. The van der Waals surface area contributed by atoms with Gasteiger partial charge < -0.3 is 10.4 Å². The highest BCUT2D eigenvalue weighted by Crippen LogP contribution is 2.10. The van der Waals surface area contributed by atoms with Gasteiger partial charge in [-0.1, -0.05) is 0 Å². The van der Waals surface area contributed by atoms with E-state index in [0.717, 1.165) is 5.12 Å².